The maximum atomic E-state index is 13.8. The lowest BCUT2D eigenvalue weighted by atomic mass is 10.3. The van der Waals surface area contributed by atoms with Crippen LogP contribution < -0.4 is 11.1 Å². The fraction of sp³-hybridized carbons (Fsp3) is 0. The zero-order chi connectivity index (χ0) is 13.4. The molecule has 1 aromatic carbocycles. The summed E-state index contributed by atoms with van der Waals surface area (Å²) < 4.78 is 14.4. The van der Waals surface area contributed by atoms with Gasteiger partial charge in [-0.25, -0.2) is 9.37 Å². The highest BCUT2D eigenvalue weighted by Crippen LogP contribution is 2.32. The van der Waals surface area contributed by atoms with Crippen LogP contribution in [0.3, 0.4) is 0 Å². The van der Waals surface area contributed by atoms with Crippen molar-refractivity contribution in [3.63, 3.8) is 0 Å². The molecule has 2 heterocycles. The Labute approximate surface area is 120 Å². The molecule has 0 aliphatic rings. The number of para-hydroxylation sites is 1. The summed E-state index contributed by atoms with van der Waals surface area (Å²) in [6.45, 7) is 0. The molecule has 0 amide bonds. The number of fused-ring (bicyclic) bond motifs is 1. The Morgan fingerprint density at radius 1 is 1.26 bits per heavy atom. The van der Waals surface area contributed by atoms with Crippen molar-refractivity contribution in [2.75, 3.05) is 11.1 Å². The maximum Gasteiger partial charge on any atom is 0.223 e. The quantitative estimate of drug-likeness (QED) is 0.743. The van der Waals surface area contributed by atoms with Crippen LogP contribution >= 0.6 is 27.3 Å². The normalized spacial score (nSPS) is 10.8. The zero-order valence-corrected chi connectivity index (χ0v) is 11.9. The van der Waals surface area contributed by atoms with Gasteiger partial charge >= 0.3 is 0 Å². The van der Waals surface area contributed by atoms with Crippen molar-refractivity contribution < 1.29 is 4.39 Å². The molecular formula is C12H8BrFN4S. The Kier molecular flexibility index (Phi) is 3.08. The molecule has 0 aliphatic heterocycles. The third-order valence-corrected chi connectivity index (χ3v) is 4.02. The van der Waals surface area contributed by atoms with Gasteiger partial charge in [-0.1, -0.05) is 6.07 Å². The zero-order valence-electron chi connectivity index (χ0n) is 9.52. The number of nitrogen functional groups attached to an aromatic ring is 1. The number of aromatic nitrogens is 2. The second-order valence-electron chi connectivity index (χ2n) is 3.79. The summed E-state index contributed by atoms with van der Waals surface area (Å²) in [5, 5.41) is 5.67. The van der Waals surface area contributed by atoms with Crippen LogP contribution in [0.5, 0.6) is 0 Å². The van der Waals surface area contributed by atoms with E-state index in [0.29, 0.717) is 16.0 Å². The number of nitrogens with two attached hydrogens (primary N) is 1. The third kappa shape index (κ3) is 2.26. The van der Waals surface area contributed by atoms with E-state index in [0.717, 1.165) is 10.2 Å². The third-order valence-electron chi connectivity index (χ3n) is 2.55. The fourth-order valence-corrected chi connectivity index (χ4v) is 2.91. The predicted molar refractivity (Wildman–Crippen MR) is 79.2 cm³/mol. The van der Waals surface area contributed by atoms with Crippen molar-refractivity contribution >= 4 is 54.9 Å². The van der Waals surface area contributed by atoms with Crippen molar-refractivity contribution in [1.29, 1.82) is 0 Å². The van der Waals surface area contributed by atoms with E-state index >= 15 is 0 Å². The summed E-state index contributed by atoms with van der Waals surface area (Å²) in [5.41, 5.74) is 5.98. The number of nitrogens with zero attached hydrogens (tertiary/aromatic N) is 2. The van der Waals surface area contributed by atoms with E-state index in [2.05, 4.69) is 31.2 Å². The first kappa shape index (κ1) is 12.3. The van der Waals surface area contributed by atoms with E-state index in [1.54, 1.807) is 12.1 Å². The summed E-state index contributed by atoms with van der Waals surface area (Å²) in [4.78, 5) is 9.01. The van der Waals surface area contributed by atoms with E-state index in [4.69, 9.17) is 5.73 Å². The van der Waals surface area contributed by atoms with E-state index in [1.807, 2.05) is 11.4 Å². The number of anilines is 3. The average molecular weight is 339 g/mol. The predicted octanol–water partition coefficient (Wildman–Crippen LogP) is 3.92. The molecule has 0 atom stereocenters. The Morgan fingerprint density at radius 3 is 2.89 bits per heavy atom. The summed E-state index contributed by atoms with van der Waals surface area (Å²) in [5.74, 6) is 0.286. The van der Waals surface area contributed by atoms with Crippen molar-refractivity contribution in [3.8, 4) is 0 Å². The first-order valence-electron chi connectivity index (χ1n) is 5.37. The van der Waals surface area contributed by atoms with Gasteiger partial charge in [0.2, 0.25) is 5.95 Å². The van der Waals surface area contributed by atoms with Crippen molar-refractivity contribution in [1.82, 2.24) is 9.97 Å². The molecule has 3 N–H and O–H groups in total. The number of benzene rings is 1. The molecule has 19 heavy (non-hydrogen) atoms. The highest BCUT2D eigenvalue weighted by Gasteiger charge is 2.12. The number of thiophene rings is 1. The van der Waals surface area contributed by atoms with Gasteiger partial charge in [-0.2, -0.15) is 4.98 Å². The highest BCUT2D eigenvalue weighted by molar-refractivity contribution is 9.10. The molecule has 0 saturated heterocycles. The summed E-state index contributed by atoms with van der Waals surface area (Å²) in [6.07, 6.45) is 0. The highest BCUT2D eigenvalue weighted by atomic mass is 79.9. The van der Waals surface area contributed by atoms with E-state index < -0.39 is 0 Å². The fourth-order valence-electron chi connectivity index (χ4n) is 1.70. The van der Waals surface area contributed by atoms with Crippen LogP contribution in [0, 0.1) is 5.82 Å². The van der Waals surface area contributed by atoms with Crippen LogP contribution in [0.15, 0.2) is 34.1 Å². The van der Waals surface area contributed by atoms with Crippen molar-refractivity contribution in [2.45, 2.75) is 0 Å². The first-order chi connectivity index (χ1) is 9.15. The van der Waals surface area contributed by atoms with Gasteiger partial charge in [-0.05, 0) is 39.5 Å². The van der Waals surface area contributed by atoms with Gasteiger partial charge in [0.05, 0.1) is 11.1 Å². The molecule has 2 aromatic heterocycles. The lowest BCUT2D eigenvalue weighted by molar-refractivity contribution is 0.631. The topological polar surface area (TPSA) is 63.8 Å². The monoisotopic (exact) mass is 338 g/mol. The molecule has 3 rings (SSSR count). The Balaban J connectivity index is 2.13. The van der Waals surface area contributed by atoms with Gasteiger partial charge in [0, 0.05) is 4.47 Å². The number of hydrogen-bond acceptors (Lipinski definition) is 5. The number of rotatable bonds is 2. The van der Waals surface area contributed by atoms with Crippen molar-refractivity contribution in [2.24, 2.45) is 0 Å². The van der Waals surface area contributed by atoms with Gasteiger partial charge < -0.3 is 11.1 Å². The van der Waals surface area contributed by atoms with Gasteiger partial charge in [0.15, 0.2) is 0 Å². The Bertz CT molecular complexity index is 738. The van der Waals surface area contributed by atoms with Crippen LogP contribution in [0.25, 0.3) is 10.2 Å². The van der Waals surface area contributed by atoms with E-state index in [-0.39, 0.29) is 11.8 Å². The van der Waals surface area contributed by atoms with Gasteiger partial charge in [0.1, 0.15) is 16.5 Å². The molecule has 0 saturated carbocycles. The minimum atomic E-state index is -0.366. The molecule has 0 spiro atoms. The second kappa shape index (κ2) is 4.75. The molecule has 0 bridgehead atoms. The van der Waals surface area contributed by atoms with E-state index in [1.165, 1.54) is 17.4 Å². The number of nitrogens with one attached hydrogen (secondary N) is 1. The molecule has 0 aliphatic carbocycles. The molecule has 0 unspecified atom stereocenters. The molecule has 4 nitrogen and oxygen atoms in total. The largest absolute Gasteiger partial charge is 0.368 e. The average Bonchev–Trinajstić information content (AvgIpc) is 2.81. The lowest BCUT2D eigenvalue weighted by Crippen LogP contribution is -2.02. The summed E-state index contributed by atoms with van der Waals surface area (Å²) in [6, 6.07) is 6.62. The molecule has 0 radical (unpaired) electrons. The smallest absolute Gasteiger partial charge is 0.223 e. The molecule has 0 fully saturated rings. The number of halogens is 2. The van der Waals surface area contributed by atoms with Gasteiger partial charge in [0.25, 0.3) is 0 Å². The van der Waals surface area contributed by atoms with Crippen LogP contribution in [0.4, 0.5) is 21.8 Å². The molecule has 96 valence electrons. The summed E-state index contributed by atoms with van der Waals surface area (Å²) >= 11 is 4.76. The van der Waals surface area contributed by atoms with Gasteiger partial charge in [-0.3, -0.25) is 0 Å². The van der Waals surface area contributed by atoms with Crippen LogP contribution in [0.1, 0.15) is 0 Å². The standard InChI is InChI=1S/C12H8BrFN4S/c13-7-2-1-3-8(14)9(7)16-10-6-4-5-19-11(6)18-12(15)17-10/h1-5H,(H3,15,16,17,18). The first-order valence-corrected chi connectivity index (χ1v) is 7.04. The van der Waals surface area contributed by atoms with E-state index in [9.17, 15) is 4.39 Å². The van der Waals surface area contributed by atoms with Crippen LogP contribution in [-0.2, 0) is 0 Å². The molecule has 3 aromatic rings. The lowest BCUT2D eigenvalue weighted by Gasteiger charge is -2.10. The number of hydrogen-bond donors (Lipinski definition) is 2. The molecular weight excluding hydrogens is 331 g/mol. The SMILES string of the molecule is Nc1nc(Nc2c(F)cccc2Br)c2ccsc2n1. The Morgan fingerprint density at radius 2 is 2.11 bits per heavy atom. The summed E-state index contributed by atoms with van der Waals surface area (Å²) in [7, 11) is 0. The van der Waals surface area contributed by atoms with Crippen molar-refractivity contribution in [3.05, 3.63) is 39.9 Å². The maximum absolute atomic E-state index is 13.8. The molecule has 7 heteroatoms. The van der Waals surface area contributed by atoms with Crippen LogP contribution in [0.2, 0.25) is 0 Å². The van der Waals surface area contributed by atoms with Crippen LogP contribution in [-0.4, -0.2) is 9.97 Å². The Hall–Kier alpha value is -1.73. The minimum Gasteiger partial charge on any atom is -0.368 e. The second-order valence-corrected chi connectivity index (χ2v) is 5.54. The minimum absolute atomic E-state index is 0.157. The van der Waals surface area contributed by atoms with Gasteiger partial charge in [-0.15, -0.1) is 11.3 Å².